The molecule has 178 valence electrons. The van der Waals surface area contributed by atoms with Crippen LogP contribution in [0.1, 0.15) is 44.7 Å². The highest BCUT2D eigenvalue weighted by Crippen LogP contribution is 2.25. The van der Waals surface area contributed by atoms with E-state index >= 15 is 0 Å². The Kier molecular flexibility index (Phi) is 9.68. The third kappa shape index (κ3) is 6.69. The standard InChI is InChI=1S/C24H34N6O3/c1-4-5-14-27-24(33)30(21(16(2)3)23(31)32)15-17-10-12-18(13-11-17)19-8-6-7-9-20(19)22(28-25)29-26/h6-13,16,21H,4-5,14-15,25-26H2,1-3H3,(H,27,33)(H,28,29)(H,31,32). The lowest BCUT2D eigenvalue weighted by Gasteiger charge is -2.31. The number of unbranched alkanes of at least 4 members (excludes halogenated alkanes) is 1. The molecule has 9 nitrogen and oxygen atoms in total. The van der Waals surface area contributed by atoms with E-state index in [2.05, 4.69) is 15.8 Å². The molecule has 0 aliphatic carbocycles. The van der Waals surface area contributed by atoms with Crippen molar-refractivity contribution in [1.29, 1.82) is 0 Å². The molecule has 33 heavy (non-hydrogen) atoms. The molecule has 1 unspecified atom stereocenters. The second-order valence-electron chi connectivity index (χ2n) is 8.11. The number of rotatable bonds is 10. The molecule has 0 radical (unpaired) electrons. The number of carboxylic acids is 1. The molecule has 0 aliphatic rings. The molecule has 0 saturated carbocycles. The van der Waals surface area contributed by atoms with Gasteiger partial charge in [-0.25, -0.2) is 15.4 Å². The molecule has 7 N–H and O–H groups in total. The fraction of sp³-hybridized carbons (Fsp3) is 0.375. The van der Waals surface area contributed by atoms with Crippen molar-refractivity contribution in [1.82, 2.24) is 15.6 Å². The maximum atomic E-state index is 12.9. The summed E-state index contributed by atoms with van der Waals surface area (Å²) in [5, 5.41) is 16.3. The summed E-state index contributed by atoms with van der Waals surface area (Å²) < 4.78 is 0. The van der Waals surface area contributed by atoms with Crippen LogP contribution in [0.25, 0.3) is 11.1 Å². The monoisotopic (exact) mass is 454 g/mol. The molecule has 0 spiro atoms. The number of nitrogens with zero attached hydrogens (tertiary/aromatic N) is 2. The van der Waals surface area contributed by atoms with E-state index in [4.69, 9.17) is 11.7 Å². The van der Waals surface area contributed by atoms with Crippen LogP contribution in [0.2, 0.25) is 0 Å². The van der Waals surface area contributed by atoms with Gasteiger partial charge in [-0.1, -0.05) is 75.7 Å². The van der Waals surface area contributed by atoms with Gasteiger partial charge in [-0.2, -0.15) is 5.10 Å². The van der Waals surface area contributed by atoms with Gasteiger partial charge >= 0.3 is 12.0 Å². The summed E-state index contributed by atoms with van der Waals surface area (Å²) in [6, 6.07) is 13.8. The number of hydrazone groups is 1. The van der Waals surface area contributed by atoms with Crippen molar-refractivity contribution in [3.63, 3.8) is 0 Å². The second kappa shape index (κ2) is 12.4. The minimum absolute atomic E-state index is 0.175. The Balaban J connectivity index is 2.32. The zero-order chi connectivity index (χ0) is 24.4. The Hall–Kier alpha value is -3.59. The molecule has 0 aliphatic heterocycles. The molecule has 0 heterocycles. The van der Waals surface area contributed by atoms with Gasteiger partial charge in [0.05, 0.1) is 0 Å². The SMILES string of the molecule is CCCCNC(=O)N(Cc1ccc(-c2ccccc2/C(=N/N)NN)cc1)C(C(=O)O)C(C)C. The summed E-state index contributed by atoms with van der Waals surface area (Å²) in [4.78, 5) is 26.2. The predicted octanol–water partition coefficient (Wildman–Crippen LogP) is 2.86. The minimum Gasteiger partial charge on any atom is -0.480 e. The molecule has 2 aromatic rings. The number of urea groups is 1. The third-order valence-corrected chi connectivity index (χ3v) is 5.35. The summed E-state index contributed by atoms with van der Waals surface area (Å²) >= 11 is 0. The van der Waals surface area contributed by atoms with Crippen LogP contribution in [0.4, 0.5) is 4.79 Å². The largest absolute Gasteiger partial charge is 0.480 e. The first-order valence-electron chi connectivity index (χ1n) is 11.0. The molecule has 0 bridgehead atoms. The van der Waals surface area contributed by atoms with E-state index in [9.17, 15) is 14.7 Å². The van der Waals surface area contributed by atoms with Gasteiger partial charge in [0.25, 0.3) is 0 Å². The van der Waals surface area contributed by atoms with Crippen LogP contribution in [0, 0.1) is 5.92 Å². The fourth-order valence-electron chi connectivity index (χ4n) is 3.66. The Morgan fingerprint density at radius 2 is 1.79 bits per heavy atom. The number of hydrogen-bond donors (Lipinski definition) is 5. The second-order valence-corrected chi connectivity index (χ2v) is 8.11. The maximum Gasteiger partial charge on any atom is 0.326 e. The van der Waals surface area contributed by atoms with E-state index in [-0.39, 0.29) is 18.5 Å². The van der Waals surface area contributed by atoms with E-state index in [0.717, 1.165) is 35.1 Å². The summed E-state index contributed by atoms with van der Waals surface area (Å²) in [6.45, 7) is 6.31. The van der Waals surface area contributed by atoms with E-state index in [1.54, 1.807) is 13.8 Å². The van der Waals surface area contributed by atoms with E-state index in [1.807, 2.05) is 55.5 Å². The molecule has 0 fully saturated rings. The van der Waals surface area contributed by atoms with Gasteiger partial charge < -0.3 is 26.6 Å². The lowest BCUT2D eigenvalue weighted by atomic mass is 9.97. The average Bonchev–Trinajstić information content (AvgIpc) is 2.80. The van der Waals surface area contributed by atoms with Gasteiger partial charge in [0.1, 0.15) is 6.04 Å². The number of benzene rings is 2. The number of hydrazine groups is 1. The van der Waals surface area contributed by atoms with Crippen molar-refractivity contribution < 1.29 is 14.7 Å². The summed E-state index contributed by atoms with van der Waals surface area (Å²) in [5.41, 5.74) is 5.85. The van der Waals surface area contributed by atoms with E-state index in [1.165, 1.54) is 4.90 Å². The molecular formula is C24H34N6O3. The van der Waals surface area contributed by atoms with Crippen LogP contribution in [0.15, 0.2) is 53.6 Å². The zero-order valence-corrected chi connectivity index (χ0v) is 19.4. The lowest BCUT2D eigenvalue weighted by molar-refractivity contribution is -0.144. The normalized spacial score (nSPS) is 12.3. The number of carbonyl (C=O) groups excluding carboxylic acids is 1. The van der Waals surface area contributed by atoms with Gasteiger partial charge in [0, 0.05) is 18.7 Å². The number of aliphatic carboxylic acids is 1. The molecule has 1 atom stereocenters. The quantitative estimate of drug-likeness (QED) is 0.123. The van der Waals surface area contributed by atoms with Gasteiger partial charge in [-0.15, -0.1) is 0 Å². The van der Waals surface area contributed by atoms with Crippen LogP contribution in [0.5, 0.6) is 0 Å². The van der Waals surface area contributed by atoms with Crippen LogP contribution in [-0.2, 0) is 11.3 Å². The van der Waals surface area contributed by atoms with Gasteiger partial charge in [0.2, 0.25) is 0 Å². The Bertz CT molecular complexity index is 959. The van der Waals surface area contributed by atoms with Crippen molar-refractivity contribution in [3.8, 4) is 11.1 Å². The molecule has 0 aromatic heterocycles. The Morgan fingerprint density at radius 1 is 1.12 bits per heavy atom. The Morgan fingerprint density at radius 3 is 2.33 bits per heavy atom. The molecular weight excluding hydrogens is 420 g/mol. The van der Waals surface area contributed by atoms with Crippen LogP contribution in [-0.4, -0.2) is 40.4 Å². The van der Waals surface area contributed by atoms with Crippen LogP contribution >= 0.6 is 0 Å². The highest BCUT2D eigenvalue weighted by molar-refractivity contribution is 6.04. The van der Waals surface area contributed by atoms with Crippen molar-refractivity contribution >= 4 is 17.8 Å². The molecule has 2 amide bonds. The number of hydrogen-bond acceptors (Lipinski definition) is 5. The number of amidine groups is 1. The smallest absolute Gasteiger partial charge is 0.326 e. The summed E-state index contributed by atoms with van der Waals surface area (Å²) in [5.74, 6) is 10.1. The summed E-state index contributed by atoms with van der Waals surface area (Å²) in [7, 11) is 0. The van der Waals surface area contributed by atoms with Crippen molar-refractivity contribution in [2.75, 3.05) is 6.54 Å². The maximum absolute atomic E-state index is 12.9. The third-order valence-electron chi connectivity index (χ3n) is 5.35. The first-order valence-corrected chi connectivity index (χ1v) is 11.0. The first-order chi connectivity index (χ1) is 15.8. The zero-order valence-electron chi connectivity index (χ0n) is 19.4. The molecule has 2 aromatic carbocycles. The molecule has 0 saturated heterocycles. The molecule has 2 rings (SSSR count). The molecule has 9 heteroatoms. The average molecular weight is 455 g/mol. The Labute approximate surface area is 194 Å². The highest BCUT2D eigenvalue weighted by atomic mass is 16.4. The number of carbonyl (C=O) groups is 2. The topological polar surface area (TPSA) is 146 Å². The van der Waals surface area contributed by atoms with E-state index in [0.29, 0.717) is 12.4 Å². The van der Waals surface area contributed by atoms with Crippen molar-refractivity contribution in [2.45, 2.75) is 46.2 Å². The number of carboxylic acid groups (broad SMARTS) is 1. The van der Waals surface area contributed by atoms with Gasteiger partial charge in [-0.05, 0) is 29.0 Å². The first kappa shape index (κ1) is 25.7. The van der Waals surface area contributed by atoms with Crippen molar-refractivity contribution in [3.05, 3.63) is 59.7 Å². The van der Waals surface area contributed by atoms with Crippen LogP contribution in [0.3, 0.4) is 0 Å². The number of nitrogens with two attached hydrogens (primary N) is 2. The minimum atomic E-state index is -1.02. The number of nitrogens with one attached hydrogen (secondary N) is 2. The predicted molar refractivity (Wildman–Crippen MR) is 130 cm³/mol. The van der Waals surface area contributed by atoms with Crippen molar-refractivity contribution in [2.24, 2.45) is 22.7 Å². The van der Waals surface area contributed by atoms with Gasteiger partial charge in [0.15, 0.2) is 5.84 Å². The summed E-state index contributed by atoms with van der Waals surface area (Å²) in [6.07, 6.45) is 1.77. The van der Waals surface area contributed by atoms with Gasteiger partial charge in [-0.3, -0.25) is 0 Å². The van der Waals surface area contributed by atoms with E-state index < -0.39 is 12.0 Å². The highest BCUT2D eigenvalue weighted by Gasteiger charge is 2.32. The number of amides is 2. The van der Waals surface area contributed by atoms with Crippen LogP contribution < -0.4 is 22.4 Å². The lowest BCUT2D eigenvalue weighted by Crippen LogP contribution is -2.51. The fourth-order valence-corrected chi connectivity index (χ4v) is 3.66.